The third kappa shape index (κ3) is 2.15. The van der Waals surface area contributed by atoms with Crippen LogP contribution < -0.4 is 4.90 Å². The predicted octanol–water partition coefficient (Wildman–Crippen LogP) is 6.31. The van der Waals surface area contributed by atoms with Gasteiger partial charge >= 0.3 is 0 Å². The first-order valence-corrected chi connectivity index (χ1v) is 10.1. The fraction of sp³-hybridized carbons (Fsp3) is 0.522. The Balaban J connectivity index is 1.69. The Hall–Kier alpha value is -2.03. The molecule has 136 valence electrons. The summed E-state index contributed by atoms with van der Waals surface area (Å²) in [5.74, 6) is 0. The molecule has 3 heterocycles. The van der Waals surface area contributed by atoms with Crippen LogP contribution in [0.2, 0.25) is 0 Å². The highest BCUT2D eigenvalue weighted by Gasteiger charge is 2.54. The summed E-state index contributed by atoms with van der Waals surface area (Å²) in [5.41, 5.74) is 3.56. The Morgan fingerprint density at radius 2 is 1.81 bits per heavy atom. The second kappa shape index (κ2) is 5.48. The number of hydrogen-bond donors (Lipinski definition) is 0. The van der Waals surface area contributed by atoms with Crippen molar-refractivity contribution in [3.8, 4) is 0 Å². The molecule has 1 unspecified atom stereocenters. The van der Waals surface area contributed by atoms with E-state index < -0.39 is 0 Å². The molecule has 26 heavy (non-hydrogen) atoms. The van der Waals surface area contributed by atoms with Crippen LogP contribution in [0.25, 0.3) is 22.1 Å². The molecule has 3 aromatic rings. The van der Waals surface area contributed by atoms with Crippen molar-refractivity contribution in [3.63, 3.8) is 0 Å². The van der Waals surface area contributed by atoms with Gasteiger partial charge in [-0.1, -0.05) is 31.4 Å². The highest BCUT2D eigenvalue weighted by molar-refractivity contribution is 6.08. The molecule has 2 aliphatic rings. The molecule has 0 N–H and O–H groups in total. The number of hydrogen-bond acceptors (Lipinski definition) is 3. The molecule has 1 spiro atoms. The third-order valence-corrected chi connectivity index (χ3v) is 7.07. The van der Waals surface area contributed by atoms with Gasteiger partial charge in [0.05, 0.1) is 5.69 Å². The van der Waals surface area contributed by atoms with E-state index in [0.717, 1.165) is 16.7 Å². The number of furan rings is 1. The fourth-order valence-corrected chi connectivity index (χ4v) is 6.09. The molecular weight excluding hydrogens is 320 g/mol. The Morgan fingerprint density at radius 3 is 2.62 bits per heavy atom. The number of aromatic nitrogens is 1. The van der Waals surface area contributed by atoms with Gasteiger partial charge < -0.3 is 9.32 Å². The zero-order valence-corrected chi connectivity index (χ0v) is 16.1. The van der Waals surface area contributed by atoms with E-state index in [2.05, 4.69) is 54.9 Å². The van der Waals surface area contributed by atoms with Gasteiger partial charge in [-0.25, -0.2) is 4.98 Å². The van der Waals surface area contributed by atoms with Crippen molar-refractivity contribution in [2.45, 2.75) is 70.9 Å². The third-order valence-electron chi connectivity index (χ3n) is 7.07. The monoisotopic (exact) mass is 348 g/mol. The van der Waals surface area contributed by atoms with Crippen molar-refractivity contribution >= 4 is 27.8 Å². The first kappa shape index (κ1) is 16.2. The first-order valence-electron chi connectivity index (χ1n) is 10.1. The fourth-order valence-electron chi connectivity index (χ4n) is 6.09. The van der Waals surface area contributed by atoms with E-state index in [0.29, 0.717) is 11.5 Å². The van der Waals surface area contributed by atoms with Crippen molar-refractivity contribution in [2.75, 3.05) is 4.90 Å². The van der Waals surface area contributed by atoms with Crippen molar-refractivity contribution in [3.05, 3.63) is 36.5 Å². The van der Waals surface area contributed by atoms with Crippen molar-refractivity contribution in [1.29, 1.82) is 0 Å². The van der Waals surface area contributed by atoms with Crippen LogP contribution >= 0.6 is 0 Å². The number of benzene rings is 1. The smallest absolute Gasteiger partial charge is 0.227 e. The standard InChI is InChI=1S/C23H28N2O/c1-16-23(12-5-4-6-13-23)15-22(2,3)25(16)19-11-7-9-17-18-10-8-14-24-21(18)26-20(17)19/h7-11,14,16H,4-6,12-13,15H2,1-3H3. The minimum atomic E-state index is 0.136. The number of fused-ring (bicyclic) bond motifs is 3. The van der Waals surface area contributed by atoms with Gasteiger partial charge in [-0.3, -0.25) is 0 Å². The molecule has 2 fully saturated rings. The second-order valence-corrected chi connectivity index (χ2v) is 9.07. The molecule has 1 atom stereocenters. The topological polar surface area (TPSA) is 29.3 Å². The van der Waals surface area contributed by atoms with Gasteiger partial charge in [0.25, 0.3) is 0 Å². The molecular formula is C23H28N2O. The lowest BCUT2D eigenvalue weighted by molar-refractivity contribution is 0.170. The van der Waals surface area contributed by atoms with Gasteiger partial charge in [-0.05, 0) is 63.6 Å². The quantitative estimate of drug-likeness (QED) is 0.516. The molecule has 1 aliphatic carbocycles. The summed E-state index contributed by atoms with van der Waals surface area (Å²) < 4.78 is 6.26. The second-order valence-electron chi connectivity index (χ2n) is 9.07. The Labute approximate surface area is 155 Å². The van der Waals surface area contributed by atoms with Crippen molar-refractivity contribution in [2.24, 2.45) is 5.41 Å². The zero-order chi connectivity index (χ0) is 17.9. The van der Waals surface area contributed by atoms with Gasteiger partial charge in [0.15, 0.2) is 5.58 Å². The summed E-state index contributed by atoms with van der Waals surface area (Å²) in [7, 11) is 0. The van der Waals surface area contributed by atoms with E-state index >= 15 is 0 Å². The molecule has 3 heteroatoms. The SMILES string of the molecule is CC1N(c2cccc3c2oc2ncccc23)C(C)(C)CC12CCCCC2. The zero-order valence-electron chi connectivity index (χ0n) is 16.1. The van der Waals surface area contributed by atoms with E-state index in [9.17, 15) is 0 Å². The number of nitrogens with zero attached hydrogens (tertiary/aromatic N) is 2. The summed E-state index contributed by atoms with van der Waals surface area (Å²) in [6.45, 7) is 7.26. The van der Waals surface area contributed by atoms with Gasteiger partial charge in [-0.15, -0.1) is 0 Å². The number of para-hydroxylation sites is 1. The maximum Gasteiger partial charge on any atom is 0.227 e. The van der Waals surface area contributed by atoms with Gasteiger partial charge in [0.1, 0.15) is 0 Å². The van der Waals surface area contributed by atoms with E-state index in [1.807, 2.05) is 12.3 Å². The summed E-state index contributed by atoms with van der Waals surface area (Å²) in [6, 6.07) is 11.2. The summed E-state index contributed by atoms with van der Waals surface area (Å²) in [4.78, 5) is 7.10. The lowest BCUT2D eigenvalue weighted by Crippen LogP contribution is -2.44. The molecule has 1 saturated carbocycles. The van der Waals surface area contributed by atoms with Crippen molar-refractivity contribution < 1.29 is 4.42 Å². The normalized spacial score (nSPS) is 24.7. The molecule has 5 rings (SSSR count). The number of anilines is 1. The van der Waals surface area contributed by atoms with Gasteiger partial charge in [0, 0.05) is 28.6 Å². The van der Waals surface area contributed by atoms with Gasteiger partial charge in [-0.2, -0.15) is 0 Å². The minimum absolute atomic E-state index is 0.136. The van der Waals surface area contributed by atoms with Crippen LogP contribution in [0.15, 0.2) is 40.9 Å². The van der Waals surface area contributed by atoms with Crippen LogP contribution in [0.4, 0.5) is 5.69 Å². The van der Waals surface area contributed by atoms with Crippen LogP contribution in [-0.4, -0.2) is 16.6 Å². The largest absolute Gasteiger partial charge is 0.436 e. The molecule has 0 bridgehead atoms. The molecule has 0 radical (unpaired) electrons. The Bertz CT molecular complexity index is 965. The summed E-state index contributed by atoms with van der Waals surface area (Å²) in [6.07, 6.45) is 9.98. The van der Waals surface area contributed by atoms with Crippen molar-refractivity contribution in [1.82, 2.24) is 4.98 Å². The van der Waals surface area contributed by atoms with Crippen LogP contribution in [0, 0.1) is 5.41 Å². The molecule has 0 amide bonds. The Morgan fingerprint density at radius 1 is 1.04 bits per heavy atom. The molecule has 1 aromatic carbocycles. The van der Waals surface area contributed by atoms with Crippen LogP contribution in [0.1, 0.15) is 59.3 Å². The first-order chi connectivity index (χ1) is 12.5. The number of pyridine rings is 1. The Kier molecular flexibility index (Phi) is 3.41. The van der Waals surface area contributed by atoms with E-state index in [1.54, 1.807) is 0 Å². The highest BCUT2D eigenvalue weighted by Crippen LogP contribution is 2.56. The molecule has 2 aromatic heterocycles. The van der Waals surface area contributed by atoms with Crippen LogP contribution in [0.3, 0.4) is 0 Å². The molecule has 1 saturated heterocycles. The molecule has 1 aliphatic heterocycles. The lowest BCUT2D eigenvalue weighted by Gasteiger charge is -2.40. The highest BCUT2D eigenvalue weighted by atomic mass is 16.3. The summed E-state index contributed by atoms with van der Waals surface area (Å²) >= 11 is 0. The maximum absolute atomic E-state index is 6.26. The molecule has 3 nitrogen and oxygen atoms in total. The lowest BCUT2D eigenvalue weighted by atomic mass is 9.68. The maximum atomic E-state index is 6.26. The predicted molar refractivity (Wildman–Crippen MR) is 108 cm³/mol. The van der Waals surface area contributed by atoms with E-state index in [-0.39, 0.29) is 5.54 Å². The average Bonchev–Trinajstić information content (AvgIpc) is 3.09. The minimum Gasteiger partial charge on any atom is -0.436 e. The average molecular weight is 348 g/mol. The van der Waals surface area contributed by atoms with E-state index in [1.165, 1.54) is 49.6 Å². The van der Waals surface area contributed by atoms with Crippen LogP contribution in [-0.2, 0) is 0 Å². The van der Waals surface area contributed by atoms with Crippen LogP contribution in [0.5, 0.6) is 0 Å². The van der Waals surface area contributed by atoms with E-state index in [4.69, 9.17) is 4.42 Å². The summed E-state index contributed by atoms with van der Waals surface area (Å²) in [5, 5.41) is 2.29. The van der Waals surface area contributed by atoms with Gasteiger partial charge in [0.2, 0.25) is 5.71 Å². The number of rotatable bonds is 1.